The quantitative estimate of drug-likeness (QED) is 0.424. The number of anilines is 2. The SMILES string of the molecule is CCOc1ccc2nc(NC(=O)C3CCCN(c4ncnc5sc(CC)cc45)C3)sc2c1. The summed E-state index contributed by atoms with van der Waals surface area (Å²) in [5, 5.41) is 4.76. The fourth-order valence-corrected chi connectivity index (χ4v) is 5.95. The molecule has 1 N–H and O–H groups in total. The Morgan fingerprint density at radius 3 is 3.00 bits per heavy atom. The second kappa shape index (κ2) is 8.99. The Kier molecular flexibility index (Phi) is 5.93. The first-order valence-electron chi connectivity index (χ1n) is 11.0. The van der Waals surface area contributed by atoms with Crippen molar-refractivity contribution in [1.29, 1.82) is 0 Å². The van der Waals surface area contributed by atoms with Crippen LogP contribution in [-0.2, 0) is 11.2 Å². The molecule has 1 saturated heterocycles. The summed E-state index contributed by atoms with van der Waals surface area (Å²) in [5.41, 5.74) is 0.867. The Labute approximate surface area is 194 Å². The van der Waals surface area contributed by atoms with Crippen LogP contribution in [0.1, 0.15) is 31.6 Å². The predicted octanol–water partition coefficient (Wildman–Crippen LogP) is 5.12. The zero-order valence-electron chi connectivity index (χ0n) is 18.1. The van der Waals surface area contributed by atoms with Gasteiger partial charge in [0.05, 0.1) is 28.1 Å². The van der Waals surface area contributed by atoms with Gasteiger partial charge in [0.1, 0.15) is 22.7 Å². The third-order valence-corrected chi connectivity index (χ3v) is 7.82. The highest BCUT2D eigenvalue weighted by Gasteiger charge is 2.28. The normalized spacial score (nSPS) is 16.6. The maximum absolute atomic E-state index is 13.1. The number of aromatic nitrogens is 3. The molecule has 4 aromatic rings. The van der Waals surface area contributed by atoms with E-state index in [0.29, 0.717) is 18.3 Å². The number of thiazole rings is 1. The lowest BCUT2D eigenvalue weighted by atomic mass is 9.97. The monoisotopic (exact) mass is 467 g/mol. The molecule has 3 aromatic heterocycles. The second-order valence-corrected chi connectivity index (χ2v) is 9.98. The summed E-state index contributed by atoms with van der Waals surface area (Å²) >= 11 is 3.20. The van der Waals surface area contributed by atoms with Crippen LogP contribution in [0.2, 0.25) is 0 Å². The molecule has 1 aliphatic rings. The summed E-state index contributed by atoms with van der Waals surface area (Å²) in [7, 11) is 0. The van der Waals surface area contributed by atoms with E-state index in [1.54, 1.807) is 17.7 Å². The van der Waals surface area contributed by atoms with Crippen molar-refractivity contribution in [3.8, 4) is 5.75 Å². The topological polar surface area (TPSA) is 80.2 Å². The fraction of sp³-hybridized carbons (Fsp3) is 0.391. The first-order chi connectivity index (χ1) is 15.6. The van der Waals surface area contributed by atoms with E-state index in [1.807, 2.05) is 25.1 Å². The van der Waals surface area contributed by atoms with Gasteiger partial charge in [0.2, 0.25) is 5.91 Å². The van der Waals surface area contributed by atoms with Crippen molar-refractivity contribution in [2.45, 2.75) is 33.1 Å². The van der Waals surface area contributed by atoms with Gasteiger partial charge < -0.3 is 15.0 Å². The number of rotatable bonds is 6. The van der Waals surface area contributed by atoms with Crippen LogP contribution in [0.3, 0.4) is 0 Å². The molecule has 5 rings (SSSR count). The highest BCUT2D eigenvalue weighted by Crippen LogP contribution is 2.33. The highest BCUT2D eigenvalue weighted by atomic mass is 32.1. The Morgan fingerprint density at radius 1 is 1.25 bits per heavy atom. The third kappa shape index (κ3) is 4.14. The number of aryl methyl sites for hydroxylation is 1. The summed E-state index contributed by atoms with van der Waals surface area (Å²) < 4.78 is 6.57. The maximum Gasteiger partial charge on any atom is 0.231 e. The number of thiophene rings is 1. The van der Waals surface area contributed by atoms with E-state index < -0.39 is 0 Å². The number of nitrogens with one attached hydrogen (secondary N) is 1. The van der Waals surface area contributed by atoms with Crippen LogP contribution < -0.4 is 15.0 Å². The molecule has 0 saturated carbocycles. The molecule has 0 aliphatic carbocycles. The number of carbonyl (C=O) groups excluding carboxylic acids is 1. The van der Waals surface area contributed by atoms with Gasteiger partial charge >= 0.3 is 0 Å². The van der Waals surface area contributed by atoms with Crippen LogP contribution >= 0.6 is 22.7 Å². The van der Waals surface area contributed by atoms with Gasteiger partial charge in [-0.05, 0) is 50.5 Å². The number of amides is 1. The summed E-state index contributed by atoms with van der Waals surface area (Å²) in [4.78, 5) is 31.2. The lowest BCUT2D eigenvalue weighted by Crippen LogP contribution is -2.41. The van der Waals surface area contributed by atoms with E-state index in [-0.39, 0.29) is 11.8 Å². The van der Waals surface area contributed by atoms with Gasteiger partial charge in [0.25, 0.3) is 0 Å². The number of nitrogens with zero attached hydrogens (tertiary/aromatic N) is 4. The minimum Gasteiger partial charge on any atom is -0.494 e. The highest BCUT2D eigenvalue weighted by molar-refractivity contribution is 7.22. The Bertz CT molecular complexity index is 1270. The number of hydrogen-bond donors (Lipinski definition) is 1. The molecule has 1 amide bonds. The second-order valence-electron chi connectivity index (χ2n) is 7.84. The summed E-state index contributed by atoms with van der Waals surface area (Å²) in [5.74, 6) is 1.67. The van der Waals surface area contributed by atoms with Crippen molar-refractivity contribution in [2.24, 2.45) is 5.92 Å². The van der Waals surface area contributed by atoms with Gasteiger partial charge in [-0.3, -0.25) is 4.79 Å². The Morgan fingerprint density at radius 2 is 2.16 bits per heavy atom. The van der Waals surface area contributed by atoms with Crippen LogP contribution in [-0.4, -0.2) is 40.6 Å². The minimum absolute atomic E-state index is 0.0173. The lowest BCUT2D eigenvalue weighted by Gasteiger charge is -2.32. The van der Waals surface area contributed by atoms with Crippen molar-refractivity contribution in [3.05, 3.63) is 35.5 Å². The average molecular weight is 468 g/mol. The largest absolute Gasteiger partial charge is 0.494 e. The molecule has 4 heterocycles. The van der Waals surface area contributed by atoms with E-state index in [4.69, 9.17) is 4.74 Å². The van der Waals surface area contributed by atoms with E-state index in [2.05, 4.69) is 38.2 Å². The molecule has 7 nitrogen and oxygen atoms in total. The Balaban J connectivity index is 1.32. The van der Waals surface area contributed by atoms with E-state index in [9.17, 15) is 4.79 Å². The van der Waals surface area contributed by atoms with Gasteiger partial charge in [-0.2, -0.15) is 0 Å². The first-order valence-corrected chi connectivity index (χ1v) is 12.6. The Hall–Kier alpha value is -2.78. The molecule has 1 aromatic carbocycles. The van der Waals surface area contributed by atoms with E-state index >= 15 is 0 Å². The van der Waals surface area contributed by atoms with Crippen molar-refractivity contribution < 1.29 is 9.53 Å². The van der Waals surface area contributed by atoms with Crippen molar-refractivity contribution >= 4 is 60.0 Å². The summed E-state index contributed by atoms with van der Waals surface area (Å²) in [6.07, 6.45) is 4.43. The number of benzene rings is 1. The smallest absolute Gasteiger partial charge is 0.231 e. The molecule has 32 heavy (non-hydrogen) atoms. The standard InChI is InChI=1S/C23H25N5O2S2/c1-3-16-11-17-20(24-13-25-22(17)31-16)28-9-5-6-14(12-28)21(29)27-23-26-18-8-7-15(30-4-2)10-19(18)32-23/h7-8,10-11,13-14H,3-6,9,12H2,1-2H3,(H,26,27,29). The molecule has 1 atom stereocenters. The van der Waals surface area contributed by atoms with Crippen LogP contribution in [0.25, 0.3) is 20.4 Å². The molecular weight excluding hydrogens is 442 g/mol. The summed E-state index contributed by atoms with van der Waals surface area (Å²) in [6.45, 7) is 6.28. The lowest BCUT2D eigenvalue weighted by molar-refractivity contribution is -0.120. The van der Waals surface area contributed by atoms with Gasteiger partial charge in [0.15, 0.2) is 5.13 Å². The molecule has 0 bridgehead atoms. The van der Waals surface area contributed by atoms with E-state index in [1.165, 1.54) is 16.2 Å². The zero-order valence-corrected chi connectivity index (χ0v) is 19.8. The van der Waals surface area contributed by atoms with Crippen LogP contribution in [0.5, 0.6) is 5.75 Å². The maximum atomic E-state index is 13.1. The first kappa shape index (κ1) is 21.1. The molecule has 1 unspecified atom stereocenters. The fourth-order valence-electron chi connectivity index (χ4n) is 4.13. The molecule has 166 valence electrons. The molecule has 0 spiro atoms. The van der Waals surface area contributed by atoms with Crippen molar-refractivity contribution in [3.63, 3.8) is 0 Å². The van der Waals surface area contributed by atoms with Crippen molar-refractivity contribution in [2.75, 3.05) is 29.9 Å². The number of carbonyl (C=O) groups is 1. The molecule has 9 heteroatoms. The number of fused-ring (bicyclic) bond motifs is 2. The third-order valence-electron chi connectivity index (χ3n) is 5.70. The predicted molar refractivity (Wildman–Crippen MR) is 131 cm³/mol. The molecule has 1 aliphatic heterocycles. The van der Waals surface area contributed by atoms with Crippen LogP contribution in [0.15, 0.2) is 30.6 Å². The number of ether oxygens (including phenoxy) is 1. The van der Waals surface area contributed by atoms with Crippen LogP contribution in [0.4, 0.5) is 10.9 Å². The minimum atomic E-state index is -0.107. The zero-order chi connectivity index (χ0) is 22.1. The van der Waals surface area contributed by atoms with E-state index in [0.717, 1.165) is 57.8 Å². The number of piperidine rings is 1. The van der Waals surface area contributed by atoms with Gasteiger partial charge in [0, 0.05) is 18.0 Å². The molecule has 0 radical (unpaired) electrons. The van der Waals surface area contributed by atoms with Crippen LogP contribution in [0, 0.1) is 5.92 Å². The molecular formula is C23H25N5O2S2. The van der Waals surface area contributed by atoms with Gasteiger partial charge in [-0.1, -0.05) is 18.3 Å². The number of hydrogen-bond acceptors (Lipinski definition) is 8. The van der Waals surface area contributed by atoms with Crippen molar-refractivity contribution in [1.82, 2.24) is 15.0 Å². The van der Waals surface area contributed by atoms with Gasteiger partial charge in [-0.25, -0.2) is 15.0 Å². The average Bonchev–Trinajstić information content (AvgIpc) is 3.42. The molecule has 1 fully saturated rings. The summed E-state index contributed by atoms with van der Waals surface area (Å²) in [6, 6.07) is 8.00. The van der Waals surface area contributed by atoms with Gasteiger partial charge in [-0.15, -0.1) is 11.3 Å².